The lowest BCUT2D eigenvalue weighted by Crippen LogP contribution is -2.43. The molecule has 4 rings (SSSR count). The number of rotatable bonds is 6. The van der Waals surface area contributed by atoms with Crippen molar-refractivity contribution in [2.75, 3.05) is 0 Å². The maximum absolute atomic E-state index is 12.6. The molecule has 3 amide bonds. The maximum Gasteiger partial charge on any atom is 0.322 e. The number of benzene rings is 1. The molecule has 7 heteroatoms. The van der Waals surface area contributed by atoms with Gasteiger partial charge in [0.1, 0.15) is 5.54 Å². The molecule has 3 heterocycles. The molecular weight excluding hydrogens is 408 g/mol. The predicted molar refractivity (Wildman–Crippen MR) is 121 cm³/mol. The maximum atomic E-state index is 12.6. The van der Waals surface area contributed by atoms with Gasteiger partial charge in [0, 0.05) is 39.6 Å². The second-order valence-electron chi connectivity index (χ2n) is 7.27. The number of hydrogen-bond acceptors (Lipinski definition) is 5. The summed E-state index contributed by atoms with van der Waals surface area (Å²) in [6.07, 6.45) is 9.71. The fourth-order valence-corrected chi connectivity index (χ4v) is 4.54. The number of imide groups is 1. The average molecular weight is 431 g/mol. The van der Waals surface area contributed by atoms with E-state index in [-0.39, 0.29) is 5.91 Å². The highest BCUT2D eigenvalue weighted by molar-refractivity contribution is 7.99. The first kappa shape index (κ1) is 20.8. The van der Waals surface area contributed by atoms with Gasteiger partial charge in [-0.2, -0.15) is 0 Å². The van der Waals surface area contributed by atoms with Gasteiger partial charge in [-0.1, -0.05) is 43.0 Å². The molecule has 2 aromatic heterocycles. The Kier molecular flexibility index (Phi) is 5.86. The van der Waals surface area contributed by atoms with Crippen molar-refractivity contribution >= 4 is 35.9 Å². The lowest BCUT2D eigenvalue weighted by atomic mass is 9.88. The summed E-state index contributed by atoms with van der Waals surface area (Å²) in [5, 5.41) is 5.14. The molecule has 0 radical (unpaired) electrons. The zero-order valence-electron chi connectivity index (χ0n) is 17.3. The fourth-order valence-electron chi connectivity index (χ4n) is 3.55. The van der Waals surface area contributed by atoms with Crippen LogP contribution in [0.15, 0.2) is 70.8 Å². The molecule has 0 aliphatic carbocycles. The standard InChI is InChI=1S/C24H22N4O2S/c1-3-24(22(29)27-23(30)28-24)20-15-25-12-11-21(20)31-19-8-6-17(7-9-19)4-5-18-10-13-26-16(2)14-18/h4-15H,3H2,1-2H3,(H2,27,28,29,30)/b5-4+. The molecule has 1 fully saturated rings. The Labute approximate surface area is 185 Å². The Balaban J connectivity index is 1.55. The lowest BCUT2D eigenvalue weighted by molar-refractivity contribution is -0.124. The molecule has 156 valence electrons. The number of nitrogens with zero attached hydrogens (tertiary/aromatic N) is 2. The van der Waals surface area contributed by atoms with E-state index >= 15 is 0 Å². The molecule has 1 aromatic carbocycles. The highest BCUT2D eigenvalue weighted by Gasteiger charge is 2.47. The van der Waals surface area contributed by atoms with E-state index in [1.807, 2.05) is 56.3 Å². The first-order valence-corrected chi connectivity index (χ1v) is 10.8. The van der Waals surface area contributed by atoms with Crippen LogP contribution in [0.3, 0.4) is 0 Å². The van der Waals surface area contributed by atoms with Crippen LogP contribution in [0.1, 0.15) is 35.7 Å². The Bertz CT molecular complexity index is 1160. The van der Waals surface area contributed by atoms with Crippen LogP contribution in [0.2, 0.25) is 0 Å². The second-order valence-corrected chi connectivity index (χ2v) is 8.39. The molecule has 1 atom stereocenters. The van der Waals surface area contributed by atoms with Crippen molar-refractivity contribution in [3.05, 3.63) is 83.4 Å². The molecule has 0 spiro atoms. The second kappa shape index (κ2) is 8.73. The topological polar surface area (TPSA) is 84.0 Å². The molecule has 0 bridgehead atoms. The number of urea groups is 1. The van der Waals surface area contributed by atoms with Crippen LogP contribution in [-0.2, 0) is 10.3 Å². The first-order valence-electron chi connectivity index (χ1n) is 9.97. The molecule has 0 saturated carbocycles. The van der Waals surface area contributed by atoms with E-state index in [2.05, 4.69) is 32.8 Å². The van der Waals surface area contributed by atoms with Gasteiger partial charge >= 0.3 is 6.03 Å². The van der Waals surface area contributed by atoms with E-state index in [9.17, 15) is 9.59 Å². The van der Waals surface area contributed by atoms with E-state index in [1.54, 1.807) is 18.6 Å². The molecule has 3 aromatic rings. The number of amides is 3. The SMILES string of the molecule is CCC1(c2cnccc2Sc2ccc(/C=C/c3ccnc(C)c3)cc2)NC(=O)NC1=O. The summed E-state index contributed by atoms with van der Waals surface area (Å²) >= 11 is 1.54. The van der Waals surface area contributed by atoms with Crippen molar-refractivity contribution in [1.82, 2.24) is 20.6 Å². The van der Waals surface area contributed by atoms with Crippen molar-refractivity contribution in [3.8, 4) is 0 Å². The average Bonchev–Trinajstić information content (AvgIpc) is 3.07. The van der Waals surface area contributed by atoms with Gasteiger partial charge in [0.15, 0.2) is 0 Å². The Morgan fingerprint density at radius 3 is 2.48 bits per heavy atom. The fraction of sp³-hybridized carbons (Fsp3) is 0.167. The Morgan fingerprint density at radius 1 is 1.03 bits per heavy atom. The minimum atomic E-state index is -1.10. The van der Waals surface area contributed by atoms with Gasteiger partial charge in [-0.3, -0.25) is 20.1 Å². The first-order chi connectivity index (χ1) is 15.0. The van der Waals surface area contributed by atoms with Crippen molar-refractivity contribution in [1.29, 1.82) is 0 Å². The van der Waals surface area contributed by atoms with Crippen LogP contribution in [0, 0.1) is 6.92 Å². The summed E-state index contributed by atoms with van der Waals surface area (Å²) in [5.41, 5.74) is 2.77. The summed E-state index contributed by atoms with van der Waals surface area (Å²) in [6, 6.07) is 13.6. The van der Waals surface area contributed by atoms with E-state index in [1.165, 1.54) is 11.8 Å². The summed E-state index contributed by atoms with van der Waals surface area (Å²) < 4.78 is 0. The number of nitrogens with one attached hydrogen (secondary N) is 2. The highest BCUT2D eigenvalue weighted by atomic mass is 32.2. The normalized spacial score (nSPS) is 18.3. The molecule has 2 N–H and O–H groups in total. The van der Waals surface area contributed by atoms with Crippen LogP contribution >= 0.6 is 11.8 Å². The minimum Gasteiger partial charge on any atom is -0.319 e. The number of pyridine rings is 2. The quantitative estimate of drug-likeness (QED) is 0.561. The minimum absolute atomic E-state index is 0.346. The zero-order valence-corrected chi connectivity index (χ0v) is 18.1. The summed E-state index contributed by atoms with van der Waals surface area (Å²) in [7, 11) is 0. The third kappa shape index (κ3) is 4.36. The van der Waals surface area contributed by atoms with Crippen molar-refractivity contribution in [2.45, 2.75) is 35.6 Å². The van der Waals surface area contributed by atoms with Gasteiger partial charge in [0.05, 0.1) is 0 Å². The van der Waals surface area contributed by atoms with Gasteiger partial charge in [-0.15, -0.1) is 0 Å². The Hall–Kier alpha value is -3.45. The van der Waals surface area contributed by atoms with Crippen LogP contribution in [0.5, 0.6) is 0 Å². The lowest BCUT2D eigenvalue weighted by Gasteiger charge is -2.26. The molecule has 1 aliphatic heterocycles. The Morgan fingerprint density at radius 2 is 1.81 bits per heavy atom. The van der Waals surface area contributed by atoms with Crippen molar-refractivity contribution in [3.63, 3.8) is 0 Å². The number of hydrogen-bond donors (Lipinski definition) is 2. The van der Waals surface area contributed by atoms with Crippen LogP contribution in [-0.4, -0.2) is 21.9 Å². The molecular formula is C24H22N4O2S. The zero-order chi connectivity index (χ0) is 21.8. The number of aromatic nitrogens is 2. The smallest absolute Gasteiger partial charge is 0.319 e. The van der Waals surface area contributed by atoms with Crippen molar-refractivity contribution < 1.29 is 9.59 Å². The third-order valence-electron chi connectivity index (χ3n) is 5.21. The van der Waals surface area contributed by atoms with E-state index in [4.69, 9.17) is 0 Å². The van der Waals surface area contributed by atoms with E-state index in [0.717, 1.165) is 26.6 Å². The van der Waals surface area contributed by atoms with Crippen LogP contribution in [0.25, 0.3) is 12.2 Å². The van der Waals surface area contributed by atoms with Crippen LogP contribution < -0.4 is 10.6 Å². The summed E-state index contributed by atoms with van der Waals surface area (Å²) in [5.74, 6) is -0.346. The monoisotopic (exact) mass is 430 g/mol. The predicted octanol–water partition coefficient (Wildman–Crippen LogP) is 4.55. The van der Waals surface area contributed by atoms with E-state index < -0.39 is 11.6 Å². The number of aryl methyl sites for hydroxylation is 1. The van der Waals surface area contributed by atoms with Gasteiger partial charge in [0.25, 0.3) is 5.91 Å². The van der Waals surface area contributed by atoms with Crippen LogP contribution in [0.4, 0.5) is 4.79 Å². The van der Waals surface area contributed by atoms with E-state index in [0.29, 0.717) is 12.0 Å². The molecule has 31 heavy (non-hydrogen) atoms. The highest BCUT2D eigenvalue weighted by Crippen LogP contribution is 2.38. The number of carbonyl (C=O) groups excluding carboxylic acids is 2. The van der Waals surface area contributed by atoms with Gasteiger partial charge in [-0.05, 0) is 54.8 Å². The molecule has 6 nitrogen and oxygen atoms in total. The summed E-state index contributed by atoms with van der Waals surface area (Å²) in [6.45, 7) is 3.85. The van der Waals surface area contributed by atoms with Gasteiger partial charge in [0.2, 0.25) is 0 Å². The molecule has 1 unspecified atom stereocenters. The third-order valence-corrected chi connectivity index (χ3v) is 6.29. The van der Waals surface area contributed by atoms with Gasteiger partial charge < -0.3 is 5.32 Å². The van der Waals surface area contributed by atoms with Gasteiger partial charge in [-0.25, -0.2) is 4.79 Å². The van der Waals surface area contributed by atoms with Crippen molar-refractivity contribution in [2.24, 2.45) is 0 Å². The molecule has 1 aliphatic rings. The molecule has 1 saturated heterocycles. The summed E-state index contributed by atoms with van der Waals surface area (Å²) in [4.78, 5) is 34.7. The largest absolute Gasteiger partial charge is 0.322 e. The number of carbonyl (C=O) groups is 2.